The van der Waals surface area contributed by atoms with Crippen LogP contribution in [-0.2, 0) is 4.79 Å². The van der Waals surface area contributed by atoms with E-state index in [0.29, 0.717) is 5.92 Å². The third-order valence-corrected chi connectivity index (χ3v) is 4.53. The molecule has 3 rings (SSSR count). The van der Waals surface area contributed by atoms with Gasteiger partial charge in [-0.1, -0.05) is 31.2 Å². The van der Waals surface area contributed by atoms with Gasteiger partial charge in [0.25, 0.3) is 0 Å². The molecule has 0 spiro atoms. The molecule has 1 N–H and O–H groups in total. The highest BCUT2D eigenvalue weighted by atomic mass is 16.4. The minimum absolute atomic E-state index is 0.0786. The lowest BCUT2D eigenvalue weighted by Gasteiger charge is -2.33. The molecule has 0 aliphatic heterocycles. The number of hydrogen-bond acceptors (Lipinski definition) is 2. The first-order valence-corrected chi connectivity index (χ1v) is 7.22. The van der Waals surface area contributed by atoms with Crippen LogP contribution in [0.3, 0.4) is 0 Å². The fourth-order valence-corrected chi connectivity index (χ4v) is 3.46. The van der Waals surface area contributed by atoms with Crippen molar-refractivity contribution in [2.24, 2.45) is 11.8 Å². The summed E-state index contributed by atoms with van der Waals surface area (Å²) in [6.07, 6.45) is 6.42. The van der Waals surface area contributed by atoms with Crippen molar-refractivity contribution in [1.82, 2.24) is 4.98 Å². The summed E-state index contributed by atoms with van der Waals surface area (Å²) in [6.45, 7) is 2.21. The van der Waals surface area contributed by atoms with Crippen molar-refractivity contribution in [2.45, 2.75) is 32.1 Å². The summed E-state index contributed by atoms with van der Waals surface area (Å²) in [5.74, 6) is -0.293. The van der Waals surface area contributed by atoms with Crippen molar-refractivity contribution in [2.75, 3.05) is 0 Å². The Bertz CT molecular complexity index is 632. The Balaban J connectivity index is 2.09. The first-order valence-electron chi connectivity index (χ1n) is 7.22. The summed E-state index contributed by atoms with van der Waals surface area (Å²) < 4.78 is 0. The molecule has 0 bridgehead atoms. The molecule has 3 unspecified atom stereocenters. The van der Waals surface area contributed by atoms with Gasteiger partial charge in [0.2, 0.25) is 0 Å². The van der Waals surface area contributed by atoms with Gasteiger partial charge in [0, 0.05) is 17.8 Å². The molecule has 1 aromatic heterocycles. The zero-order valence-electron chi connectivity index (χ0n) is 11.6. The number of pyridine rings is 1. The first kappa shape index (κ1) is 13.1. The number of benzene rings is 1. The number of fused-ring (bicyclic) bond motifs is 1. The van der Waals surface area contributed by atoms with Crippen LogP contribution in [0.15, 0.2) is 36.7 Å². The van der Waals surface area contributed by atoms with E-state index in [-0.39, 0.29) is 11.8 Å². The highest BCUT2D eigenvalue weighted by molar-refractivity contribution is 5.86. The molecule has 0 radical (unpaired) electrons. The molecule has 3 nitrogen and oxygen atoms in total. The molecule has 1 aliphatic carbocycles. The Labute approximate surface area is 118 Å². The predicted octanol–water partition coefficient (Wildman–Crippen LogP) is 3.84. The highest BCUT2D eigenvalue weighted by Gasteiger charge is 2.35. The molecule has 20 heavy (non-hydrogen) atoms. The number of hydrogen-bond donors (Lipinski definition) is 1. The van der Waals surface area contributed by atoms with Crippen molar-refractivity contribution in [3.8, 4) is 0 Å². The second-order valence-corrected chi connectivity index (χ2v) is 5.92. The van der Waals surface area contributed by atoms with E-state index >= 15 is 0 Å². The third-order valence-electron chi connectivity index (χ3n) is 4.53. The quantitative estimate of drug-likeness (QED) is 0.901. The fourth-order valence-electron chi connectivity index (χ4n) is 3.46. The number of carboxylic acids is 1. The van der Waals surface area contributed by atoms with Crippen molar-refractivity contribution < 1.29 is 9.90 Å². The van der Waals surface area contributed by atoms with E-state index < -0.39 is 5.97 Å². The molecule has 1 heterocycles. The lowest BCUT2D eigenvalue weighted by atomic mass is 9.71. The Morgan fingerprint density at radius 2 is 2.05 bits per heavy atom. The Morgan fingerprint density at radius 1 is 1.25 bits per heavy atom. The van der Waals surface area contributed by atoms with Crippen LogP contribution in [0.2, 0.25) is 0 Å². The van der Waals surface area contributed by atoms with E-state index in [9.17, 15) is 9.90 Å². The number of nitrogens with zero attached hydrogens (tertiary/aromatic N) is 1. The van der Waals surface area contributed by atoms with E-state index in [0.717, 1.165) is 35.6 Å². The zero-order chi connectivity index (χ0) is 14.1. The molecule has 1 aliphatic rings. The maximum atomic E-state index is 11.6. The predicted molar refractivity (Wildman–Crippen MR) is 78.6 cm³/mol. The number of carbonyl (C=O) groups is 1. The minimum Gasteiger partial charge on any atom is -0.481 e. The van der Waals surface area contributed by atoms with Gasteiger partial charge in [0.05, 0.1) is 5.92 Å². The second-order valence-electron chi connectivity index (χ2n) is 5.92. The Morgan fingerprint density at radius 3 is 2.85 bits per heavy atom. The van der Waals surface area contributed by atoms with Gasteiger partial charge >= 0.3 is 5.97 Å². The summed E-state index contributed by atoms with van der Waals surface area (Å²) in [7, 11) is 0. The number of carboxylic acid groups (broad SMARTS) is 1. The summed E-state index contributed by atoms with van der Waals surface area (Å²) in [4.78, 5) is 15.9. The van der Waals surface area contributed by atoms with Gasteiger partial charge in [-0.15, -0.1) is 0 Å². The van der Waals surface area contributed by atoms with Crippen LogP contribution in [0.4, 0.5) is 0 Å². The smallest absolute Gasteiger partial charge is 0.307 e. The van der Waals surface area contributed by atoms with Gasteiger partial charge in [0.1, 0.15) is 0 Å². The van der Waals surface area contributed by atoms with Crippen LogP contribution < -0.4 is 0 Å². The summed E-state index contributed by atoms with van der Waals surface area (Å²) in [5, 5.41) is 11.7. The van der Waals surface area contributed by atoms with Crippen molar-refractivity contribution in [3.05, 3.63) is 42.2 Å². The summed E-state index contributed by atoms with van der Waals surface area (Å²) in [6, 6.07) is 8.11. The van der Waals surface area contributed by atoms with E-state index in [1.165, 1.54) is 0 Å². The molecule has 0 amide bonds. The number of rotatable bonds is 2. The highest BCUT2D eigenvalue weighted by Crippen LogP contribution is 2.42. The number of aromatic nitrogens is 1. The van der Waals surface area contributed by atoms with Gasteiger partial charge in [-0.05, 0) is 42.0 Å². The Hall–Kier alpha value is -1.90. The molecule has 1 aromatic carbocycles. The second kappa shape index (κ2) is 5.23. The lowest BCUT2D eigenvalue weighted by Crippen LogP contribution is -2.28. The molecule has 3 atom stereocenters. The van der Waals surface area contributed by atoms with E-state index in [2.05, 4.69) is 18.0 Å². The van der Waals surface area contributed by atoms with E-state index in [1.807, 2.05) is 30.6 Å². The van der Waals surface area contributed by atoms with Gasteiger partial charge in [0.15, 0.2) is 0 Å². The lowest BCUT2D eigenvalue weighted by molar-refractivity contribution is -0.143. The molecule has 2 aromatic rings. The molecule has 3 heteroatoms. The van der Waals surface area contributed by atoms with Crippen LogP contribution in [0.5, 0.6) is 0 Å². The molecule has 1 saturated carbocycles. The first-order chi connectivity index (χ1) is 9.66. The summed E-state index contributed by atoms with van der Waals surface area (Å²) in [5.41, 5.74) is 1.10. The average molecular weight is 269 g/mol. The molecular formula is C17H19NO2. The maximum absolute atomic E-state index is 11.6. The molecule has 104 valence electrons. The number of aliphatic carboxylic acids is 1. The largest absolute Gasteiger partial charge is 0.481 e. The van der Waals surface area contributed by atoms with Gasteiger partial charge in [-0.3, -0.25) is 9.78 Å². The van der Waals surface area contributed by atoms with Crippen molar-refractivity contribution in [1.29, 1.82) is 0 Å². The van der Waals surface area contributed by atoms with Gasteiger partial charge in [-0.2, -0.15) is 0 Å². The van der Waals surface area contributed by atoms with Crippen LogP contribution in [0, 0.1) is 11.8 Å². The molecule has 1 fully saturated rings. The van der Waals surface area contributed by atoms with Gasteiger partial charge < -0.3 is 5.11 Å². The topological polar surface area (TPSA) is 50.2 Å². The van der Waals surface area contributed by atoms with Crippen molar-refractivity contribution in [3.63, 3.8) is 0 Å². The van der Waals surface area contributed by atoms with Crippen LogP contribution in [0.25, 0.3) is 10.8 Å². The average Bonchev–Trinajstić information content (AvgIpc) is 2.46. The third kappa shape index (κ3) is 2.28. The van der Waals surface area contributed by atoms with Crippen LogP contribution in [0.1, 0.15) is 37.7 Å². The normalized spacial score (nSPS) is 26.6. The van der Waals surface area contributed by atoms with Crippen LogP contribution >= 0.6 is 0 Å². The van der Waals surface area contributed by atoms with Gasteiger partial charge in [-0.25, -0.2) is 0 Å². The summed E-state index contributed by atoms with van der Waals surface area (Å²) >= 11 is 0. The fraction of sp³-hybridized carbons (Fsp3) is 0.412. The van der Waals surface area contributed by atoms with E-state index in [1.54, 1.807) is 0 Å². The minimum atomic E-state index is -0.671. The van der Waals surface area contributed by atoms with E-state index in [4.69, 9.17) is 0 Å². The van der Waals surface area contributed by atoms with Crippen LogP contribution in [-0.4, -0.2) is 16.1 Å². The monoisotopic (exact) mass is 269 g/mol. The molecular weight excluding hydrogens is 250 g/mol. The zero-order valence-corrected chi connectivity index (χ0v) is 11.6. The standard InChI is InChI=1S/C17H19NO2/c1-11-6-7-14(17(19)20)15(8-11)16-10-18-9-12-4-2-3-5-13(12)16/h2-5,9-11,14-15H,6-8H2,1H3,(H,19,20). The Kier molecular flexibility index (Phi) is 3.43. The van der Waals surface area contributed by atoms with Crippen molar-refractivity contribution >= 4 is 16.7 Å². The SMILES string of the molecule is CC1CCC(C(=O)O)C(c2cncc3ccccc23)C1. The molecule has 0 saturated heterocycles. The maximum Gasteiger partial charge on any atom is 0.307 e.